The summed E-state index contributed by atoms with van der Waals surface area (Å²) in [6.45, 7) is 1.22. The molecule has 0 amide bonds. The average Bonchev–Trinajstić information content (AvgIpc) is 3.20. The summed E-state index contributed by atoms with van der Waals surface area (Å²) in [7, 11) is 0. The third kappa shape index (κ3) is 3.12. The maximum absolute atomic E-state index is 5.84. The fraction of sp³-hybridized carbons (Fsp3) is 0.0833. The van der Waals surface area contributed by atoms with E-state index in [1.807, 2.05) is 17.5 Å². The fourth-order valence-electron chi connectivity index (χ4n) is 3.43. The van der Waals surface area contributed by atoms with E-state index >= 15 is 0 Å². The molecule has 1 aliphatic heterocycles. The van der Waals surface area contributed by atoms with Crippen LogP contribution in [-0.2, 0) is 0 Å². The number of hydrogen-bond donors (Lipinski definition) is 0. The molecule has 0 atom stereocenters. The number of hydrogen-bond acceptors (Lipinski definition) is 4. The maximum atomic E-state index is 5.84. The Balaban J connectivity index is 1.53. The smallest absolute Gasteiger partial charge is 0.179 e. The minimum atomic E-state index is 0.602. The summed E-state index contributed by atoms with van der Waals surface area (Å²) in [6.07, 6.45) is 0. The Kier molecular flexibility index (Phi) is 4.47. The van der Waals surface area contributed by atoms with Crippen molar-refractivity contribution in [2.45, 2.75) is 0 Å². The minimum absolute atomic E-state index is 0.602. The second-order valence-corrected chi connectivity index (χ2v) is 7.39. The molecule has 1 aromatic heterocycles. The molecule has 0 aliphatic carbocycles. The van der Waals surface area contributed by atoms with Crippen LogP contribution in [0.4, 0.5) is 17.1 Å². The maximum Gasteiger partial charge on any atom is 0.179 e. The van der Waals surface area contributed by atoms with Crippen LogP contribution in [0, 0.1) is 0 Å². The Bertz CT molecular complexity index is 1020. The van der Waals surface area contributed by atoms with E-state index < -0.39 is 0 Å². The van der Waals surface area contributed by atoms with Crippen LogP contribution in [0.25, 0.3) is 10.4 Å². The zero-order valence-corrected chi connectivity index (χ0v) is 16.1. The molecule has 0 bridgehead atoms. The van der Waals surface area contributed by atoms with Gasteiger partial charge in [-0.05, 0) is 42.0 Å². The Morgan fingerprint density at radius 2 is 1.21 bits per heavy atom. The molecule has 0 saturated carbocycles. The average molecular weight is 385 g/mol. The molecule has 0 saturated heterocycles. The minimum Gasteiger partial charge on any atom is -0.485 e. The summed E-state index contributed by atoms with van der Waals surface area (Å²) in [5, 5.41) is 2.03. The number of rotatable bonds is 4. The van der Waals surface area contributed by atoms with Crippen LogP contribution < -0.4 is 14.4 Å². The summed E-state index contributed by atoms with van der Waals surface area (Å²) in [4.78, 5) is 3.38. The first-order valence-electron chi connectivity index (χ1n) is 9.28. The molecule has 2 heterocycles. The molecule has 0 radical (unpaired) electrons. The molecule has 3 aromatic carbocycles. The Morgan fingerprint density at radius 1 is 0.643 bits per heavy atom. The van der Waals surface area contributed by atoms with Gasteiger partial charge in [-0.1, -0.05) is 48.5 Å². The van der Waals surface area contributed by atoms with Crippen molar-refractivity contribution in [3.8, 4) is 21.9 Å². The highest BCUT2D eigenvalue weighted by Gasteiger charge is 2.20. The lowest BCUT2D eigenvalue weighted by molar-refractivity contribution is 0.174. The highest BCUT2D eigenvalue weighted by Crippen LogP contribution is 2.46. The molecule has 0 unspecified atom stereocenters. The van der Waals surface area contributed by atoms with Crippen LogP contribution in [-0.4, -0.2) is 13.2 Å². The monoisotopic (exact) mass is 385 g/mol. The quantitative estimate of drug-likeness (QED) is 0.392. The lowest BCUT2D eigenvalue weighted by Gasteiger charge is -2.25. The van der Waals surface area contributed by atoms with Crippen LogP contribution in [0.15, 0.2) is 90.3 Å². The van der Waals surface area contributed by atoms with E-state index in [-0.39, 0.29) is 0 Å². The standard InChI is InChI=1S/C24H19NO2S/c1-3-7-19(8-4-1)25(20-9-5-2-6-10-20)21-13-11-18(12-14-21)24-23-22(17-28-24)26-15-16-27-23/h1-14,17H,15-16H2. The number of ether oxygens (including phenoxy) is 2. The molecule has 4 aromatic rings. The number of fused-ring (bicyclic) bond motifs is 1. The zero-order valence-electron chi connectivity index (χ0n) is 15.2. The van der Waals surface area contributed by atoms with Crippen molar-refractivity contribution >= 4 is 28.4 Å². The van der Waals surface area contributed by atoms with Crippen molar-refractivity contribution in [1.29, 1.82) is 0 Å². The van der Waals surface area contributed by atoms with Crippen LogP contribution in [0.3, 0.4) is 0 Å². The largest absolute Gasteiger partial charge is 0.485 e. The molecule has 0 N–H and O–H groups in total. The number of anilines is 3. The van der Waals surface area contributed by atoms with Gasteiger partial charge in [-0.3, -0.25) is 0 Å². The highest BCUT2D eigenvalue weighted by atomic mass is 32.1. The number of nitrogens with zero attached hydrogens (tertiary/aromatic N) is 1. The second-order valence-electron chi connectivity index (χ2n) is 6.51. The molecule has 138 valence electrons. The van der Waals surface area contributed by atoms with E-state index in [4.69, 9.17) is 9.47 Å². The van der Waals surface area contributed by atoms with Crippen molar-refractivity contribution < 1.29 is 9.47 Å². The van der Waals surface area contributed by atoms with Gasteiger partial charge >= 0.3 is 0 Å². The summed E-state index contributed by atoms with van der Waals surface area (Å²) >= 11 is 1.66. The van der Waals surface area contributed by atoms with E-state index in [1.165, 1.54) is 0 Å². The zero-order chi connectivity index (χ0) is 18.8. The van der Waals surface area contributed by atoms with E-state index in [2.05, 4.69) is 77.7 Å². The normalized spacial score (nSPS) is 12.6. The van der Waals surface area contributed by atoms with Gasteiger partial charge in [0.15, 0.2) is 11.5 Å². The molecule has 0 spiro atoms. The van der Waals surface area contributed by atoms with Crippen LogP contribution >= 0.6 is 11.3 Å². The molecule has 3 nitrogen and oxygen atoms in total. The number of thiophene rings is 1. The van der Waals surface area contributed by atoms with Crippen LogP contribution in [0.2, 0.25) is 0 Å². The van der Waals surface area contributed by atoms with Gasteiger partial charge in [0.05, 0.1) is 4.88 Å². The van der Waals surface area contributed by atoms with Gasteiger partial charge in [0.25, 0.3) is 0 Å². The van der Waals surface area contributed by atoms with Gasteiger partial charge in [0.1, 0.15) is 13.2 Å². The predicted molar refractivity (Wildman–Crippen MR) is 115 cm³/mol. The molecule has 28 heavy (non-hydrogen) atoms. The van der Waals surface area contributed by atoms with E-state index in [0.29, 0.717) is 13.2 Å². The summed E-state index contributed by atoms with van der Waals surface area (Å²) in [5.74, 6) is 1.72. The lowest BCUT2D eigenvalue weighted by Crippen LogP contribution is -2.14. The summed E-state index contributed by atoms with van der Waals surface area (Å²) in [6, 6.07) is 29.5. The SMILES string of the molecule is c1ccc(N(c2ccccc2)c2ccc(-c3scc4c3OCCO4)cc2)cc1. The predicted octanol–water partition coefficient (Wildman–Crippen LogP) is 6.66. The Labute approximate surface area is 168 Å². The first-order chi connectivity index (χ1) is 13.9. The van der Waals surface area contributed by atoms with Crippen LogP contribution in [0.5, 0.6) is 11.5 Å². The van der Waals surface area contributed by atoms with Crippen molar-refractivity contribution in [2.75, 3.05) is 18.1 Å². The molecule has 5 rings (SSSR count). The van der Waals surface area contributed by atoms with Crippen molar-refractivity contribution in [1.82, 2.24) is 0 Å². The highest BCUT2D eigenvalue weighted by molar-refractivity contribution is 7.14. The van der Waals surface area contributed by atoms with Crippen molar-refractivity contribution in [3.05, 3.63) is 90.3 Å². The topological polar surface area (TPSA) is 21.7 Å². The molecular formula is C24H19NO2S. The van der Waals surface area contributed by atoms with Gasteiger partial charge in [-0.25, -0.2) is 0 Å². The van der Waals surface area contributed by atoms with Crippen LogP contribution in [0.1, 0.15) is 0 Å². The van der Waals surface area contributed by atoms with E-state index in [0.717, 1.165) is 39.0 Å². The third-order valence-electron chi connectivity index (χ3n) is 4.72. The first-order valence-corrected chi connectivity index (χ1v) is 10.2. The van der Waals surface area contributed by atoms with Gasteiger partial charge in [-0.2, -0.15) is 0 Å². The number of para-hydroxylation sites is 2. The lowest BCUT2D eigenvalue weighted by atomic mass is 10.1. The van der Waals surface area contributed by atoms with Gasteiger partial charge in [-0.15, -0.1) is 11.3 Å². The summed E-state index contributed by atoms with van der Waals surface area (Å²) < 4.78 is 11.5. The Morgan fingerprint density at radius 3 is 1.86 bits per heavy atom. The Hall–Kier alpha value is -3.24. The molecule has 1 aliphatic rings. The third-order valence-corrected chi connectivity index (χ3v) is 5.71. The number of benzene rings is 3. The molecule has 4 heteroatoms. The fourth-order valence-corrected chi connectivity index (χ4v) is 4.36. The van der Waals surface area contributed by atoms with Crippen molar-refractivity contribution in [3.63, 3.8) is 0 Å². The van der Waals surface area contributed by atoms with E-state index in [1.54, 1.807) is 11.3 Å². The van der Waals surface area contributed by atoms with Crippen molar-refractivity contribution in [2.24, 2.45) is 0 Å². The summed E-state index contributed by atoms with van der Waals surface area (Å²) in [5.41, 5.74) is 4.52. The molecular weight excluding hydrogens is 366 g/mol. The van der Waals surface area contributed by atoms with E-state index in [9.17, 15) is 0 Å². The van der Waals surface area contributed by atoms with Gasteiger partial charge < -0.3 is 14.4 Å². The first kappa shape index (κ1) is 16.9. The van der Waals surface area contributed by atoms with Gasteiger partial charge in [0.2, 0.25) is 0 Å². The molecule has 0 fully saturated rings. The second kappa shape index (κ2) is 7.41. The van der Waals surface area contributed by atoms with Gasteiger partial charge in [0, 0.05) is 22.4 Å².